The van der Waals surface area contributed by atoms with Crippen LogP contribution >= 0.6 is 0 Å². The maximum Gasteiger partial charge on any atom is -1.00 e. The Kier molecular flexibility index (Phi) is 6.16. The summed E-state index contributed by atoms with van der Waals surface area (Å²) in [7, 11) is 0. The van der Waals surface area contributed by atoms with Crippen LogP contribution in [-0.2, 0) is 24.7 Å². The Labute approximate surface area is 161 Å². The van der Waals surface area contributed by atoms with Crippen molar-refractivity contribution in [3.05, 3.63) is 63.3 Å². The summed E-state index contributed by atoms with van der Waals surface area (Å²) in [5.74, 6) is 0. The van der Waals surface area contributed by atoms with E-state index in [4.69, 9.17) is 0 Å². The molecule has 1 unspecified atom stereocenters. The Morgan fingerprint density at radius 1 is 0.955 bits per heavy atom. The van der Waals surface area contributed by atoms with E-state index in [9.17, 15) is 0 Å². The summed E-state index contributed by atoms with van der Waals surface area (Å²) in [4.78, 5) is 0. The van der Waals surface area contributed by atoms with Crippen LogP contribution in [0.2, 0.25) is 0 Å². The molecule has 0 saturated carbocycles. The van der Waals surface area contributed by atoms with Gasteiger partial charge in [0.1, 0.15) is 0 Å². The molecular weight excluding hydrogens is 390 g/mol. The van der Waals surface area contributed by atoms with Gasteiger partial charge in [0.25, 0.3) is 0 Å². The van der Waals surface area contributed by atoms with Crippen molar-refractivity contribution in [3.8, 4) is 0 Å². The van der Waals surface area contributed by atoms with Gasteiger partial charge in [0.2, 0.25) is 0 Å². The number of benzene rings is 1. The molecule has 0 aromatic heterocycles. The number of rotatable bonds is 1. The topological polar surface area (TPSA) is 0 Å². The standard InChI is InChI=1S/C19H21.2ClH.Zr/c1-12-13(2)18(19(4,5)14(12)3)17-10-15-8-6-7-9-16(15)11-17;;;/h6-11H,1-5H3;2*1H;/q;;;+2/p-2. The molecule has 0 fully saturated rings. The van der Waals surface area contributed by atoms with Gasteiger partial charge in [0, 0.05) is 0 Å². The minimum Gasteiger partial charge on any atom is -1.00 e. The van der Waals surface area contributed by atoms with Gasteiger partial charge in [0.15, 0.2) is 0 Å². The molecule has 115 valence electrons. The maximum atomic E-state index is 2.43. The Morgan fingerprint density at radius 3 is 2.05 bits per heavy atom. The first-order chi connectivity index (χ1) is 9.35. The average molecular weight is 412 g/mol. The summed E-state index contributed by atoms with van der Waals surface area (Å²) in [5.41, 5.74) is 10.8. The van der Waals surface area contributed by atoms with Gasteiger partial charge in [-0.15, -0.1) is 0 Å². The number of halogens is 2. The van der Waals surface area contributed by atoms with Crippen LogP contribution in [0.25, 0.3) is 6.08 Å². The molecule has 0 nitrogen and oxygen atoms in total. The molecule has 0 bridgehead atoms. The predicted molar refractivity (Wildman–Crippen MR) is 82.0 cm³/mol. The molecule has 0 radical (unpaired) electrons. The Hall–Kier alpha value is -0.0969. The molecule has 0 N–H and O–H groups in total. The van der Waals surface area contributed by atoms with Gasteiger partial charge in [-0.3, -0.25) is 0 Å². The summed E-state index contributed by atoms with van der Waals surface area (Å²) in [6.45, 7) is 11.6. The Bertz CT molecular complexity index is 693. The zero-order valence-electron chi connectivity index (χ0n) is 13.7. The zero-order chi connectivity index (χ0) is 14.7. The van der Waals surface area contributed by atoms with Crippen LogP contribution in [-0.4, -0.2) is 0 Å². The van der Waals surface area contributed by atoms with Crippen LogP contribution in [0.4, 0.5) is 0 Å². The fourth-order valence-corrected chi connectivity index (χ4v) is 4.92. The van der Waals surface area contributed by atoms with Gasteiger partial charge in [-0.05, 0) is 0 Å². The fraction of sp³-hybridized carbons (Fsp3) is 0.368. The third kappa shape index (κ3) is 2.74. The number of hydrogen-bond acceptors (Lipinski definition) is 0. The van der Waals surface area contributed by atoms with Crippen molar-refractivity contribution >= 4 is 6.08 Å². The molecule has 2 aliphatic carbocycles. The SMILES string of the molecule is CC1=C(C)C(C)(C)C(C2=Cc3ccccc3[CH]2[Zr+2])=C1C.[Cl-].[Cl-]. The van der Waals surface area contributed by atoms with Crippen LogP contribution < -0.4 is 24.8 Å². The van der Waals surface area contributed by atoms with Crippen LogP contribution in [0.1, 0.15) is 49.4 Å². The molecule has 3 heteroatoms. The minimum atomic E-state index is 0. The second-order valence-electron chi connectivity index (χ2n) is 6.54. The predicted octanol–water partition coefficient (Wildman–Crippen LogP) is -0.628. The van der Waals surface area contributed by atoms with E-state index in [1.54, 1.807) is 35.9 Å². The molecule has 0 aliphatic heterocycles. The van der Waals surface area contributed by atoms with Crippen molar-refractivity contribution in [3.63, 3.8) is 0 Å². The molecular formula is C19H21Cl2Zr. The van der Waals surface area contributed by atoms with E-state index in [2.05, 4.69) is 65.0 Å². The fourth-order valence-electron chi connectivity index (χ4n) is 3.71. The normalized spacial score (nSPS) is 22.1. The van der Waals surface area contributed by atoms with Crippen LogP contribution in [0.3, 0.4) is 0 Å². The van der Waals surface area contributed by atoms with Crippen molar-refractivity contribution in [2.75, 3.05) is 0 Å². The Balaban J connectivity index is 0.00000121. The maximum absolute atomic E-state index is 2.43. The summed E-state index contributed by atoms with van der Waals surface area (Å²) in [5, 5.41) is 0. The first-order valence-corrected chi connectivity index (χ1v) is 8.69. The minimum absolute atomic E-state index is 0. The van der Waals surface area contributed by atoms with Crippen molar-refractivity contribution in [2.24, 2.45) is 5.41 Å². The van der Waals surface area contributed by atoms with Gasteiger partial charge >= 0.3 is 138 Å². The monoisotopic (exact) mass is 409 g/mol. The number of fused-ring (bicyclic) bond motifs is 1. The molecule has 2 aliphatic rings. The quantitative estimate of drug-likeness (QED) is 0.578. The first-order valence-electron chi connectivity index (χ1n) is 7.27. The van der Waals surface area contributed by atoms with Crippen molar-refractivity contribution in [2.45, 2.75) is 38.2 Å². The largest absolute Gasteiger partial charge is 1.00 e. The van der Waals surface area contributed by atoms with Gasteiger partial charge in [-0.2, -0.15) is 0 Å². The molecule has 1 atom stereocenters. The molecule has 0 heterocycles. The van der Waals surface area contributed by atoms with E-state index in [-0.39, 0.29) is 30.2 Å². The summed E-state index contributed by atoms with van der Waals surface area (Å²) in [6, 6.07) is 8.87. The third-order valence-corrected chi connectivity index (χ3v) is 6.81. The zero-order valence-corrected chi connectivity index (χ0v) is 17.7. The molecule has 0 spiro atoms. The van der Waals surface area contributed by atoms with Gasteiger partial charge < -0.3 is 24.8 Å². The second kappa shape index (κ2) is 6.80. The second-order valence-corrected chi connectivity index (χ2v) is 7.96. The molecule has 3 rings (SSSR count). The van der Waals surface area contributed by atoms with E-state index in [1.807, 2.05) is 0 Å². The number of allylic oxidation sites excluding steroid dienone is 5. The van der Waals surface area contributed by atoms with Gasteiger partial charge in [-0.1, -0.05) is 0 Å². The van der Waals surface area contributed by atoms with E-state index in [1.165, 1.54) is 27.8 Å². The molecule has 22 heavy (non-hydrogen) atoms. The molecule has 1 aromatic rings. The summed E-state index contributed by atoms with van der Waals surface area (Å²) < 4.78 is 0.598. The van der Waals surface area contributed by atoms with Gasteiger partial charge in [-0.25, -0.2) is 0 Å². The summed E-state index contributed by atoms with van der Waals surface area (Å²) >= 11 is 1.59. The van der Waals surface area contributed by atoms with Crippen molar-refractivity contribution in [1.82, 2.24) is 0 Å². The van der Waals surface area contributed by atoms with E-state index >= 15 is 0 Å². The van der Waals surface area contributed by atoms with E-state index in [0.29, 0.717) is 3.63 Å². The third-order valence-electron chi connectivity index (χ3n) is 5.28. The molecule has 1 aromatic carbocycles. The van der Waals surface area contributed by atoms with Crippen molar-refractivity contribution < 1.29 is 49.5 Å². The van der Waals surface area contributed by atoms with E-state index in [0.717, 1.165) is 0 Å². The van der Waals surface area contributed by atoms with Crippen LogP contribution in [0.5, 0.6) is 0 Å². The van der Waals surface area contributed by atoms with E-state index < -0.39 is 0 Å². The van der Waals surface area contributed by atoms with Crippen LogP contribution in [0, 0.1) is 5.41 Å². The first kappa shape index (κ1) is 19.9. The average Bonchev–Trinajstić information content (AvgIpc) is 2.81. The summed E-state index contributed by atoms with van der Waals surface area (Å²) in [6.07, 6.45) is 2.43. The smallest absolute Gasteiger partial charge is 1.00 e. The molecule has 0 saturated heterocycles. The molecule has 0 amide bonds. The van der Waals surface area contributed by atoms with Crippen LogP contribution in [0.15, 0.2) is 52.1 Å². The van der Waals surface area contributed by atoms with Gasteiger partial charge in [0.05, 0.1) is 0 Å². The van der Waals surface area contributed by atoms with Crippen molar-refractivity contribution in [1.29, 1.82) is 0 Å². The Morgan fingerprint density at radius 2 is 1.55 bits per heavy atom. The number of hydrogen-bond donors (Lipinski definition) is 0.